The number of rotatable bonds is 3. The maximum Gasteiger partial charge on any atom is 0.336 e. The zero-order valence-electron chi connectivity index (χ0n) is 10.1. The van der Waals surface area contributed by atoms with Gasteiger partial charge in [-0.1, -0.05) is 28.1 Å². The van der Waals surface area contributed by atoms with Gasteiger partial charge < -0.3 is 10.4 Å². The first kappa shape index (κ1) is 14.2. The Balaban J connectivity index is 2.31. The van der Waals surface area contributed by atoms with E-state index in [9.17, 15) is 14.0 Å². The molecule has 0 saturated heterocycles. The highest BCUT2D eigenvalue weighted by molar-refractivity contribution is 9.10. The van der Waals surface area contributed by atoms with Crippen LogP contribution in [0.25, 0.3) is 0 Å². The molecule has 1 amide bonds. The van der Waals surface area contributed by atoms with Crippen LogP contribution < -0.4 is 5.32 Å². The number of halogens is 2. The van der Waals surface area contributed by atoms with Crippen molar-refractivity contribution in [2.24, 2.45) is 0 Å². The van der Waals surface area contributed by atoms with Gasteiger partial charge in [-0.25, -0.2) is 9.18 Å². The third-order valence-electron chi connectivity index (χ3n) is 2.58. The molecule has 0 fully saturated rings. The lowest BCUT2D eigenvalue weighted by atomic mass is 10.1. The molecule has 0 spiro atoms. The van der Waals surface area contributed by atoms with Gasteiger partial charge in [-0.15, -0.1) is 0 Å². The monoisotopic (exact) mass is 337 g/mol. The van der Waals surface area contributed by atoms with Crippen molar-refractivity contribution in [3.05, 3.63) is 63.9 Å². The lowest BCUT2D eigenvalue weighted by Crippen LogP contribution is -2.17. The Morgan fingerprint density at radius 2 is 1.75 bits per heavy atom. The van der Waals surface area contributed by atoms with Crippen LogP contribution in [0.1, 0.15) is 20.7 Å². The van der Waals surface area contributed by atoms with Crippen LogP contribution in [-0.4, -0.2) is 17.0 Å². The van der Waals surface area contributed by atoms with Gasteiger partial charge in [0.15, 0.2) is 0 Å². The van der Waals surface area contributed by atoms with Gasteiger partial charge >= 0.3 is 5.97 Å². The Morgan fingerprint density at radius 3 is 2.35 bits per heavy atom. The largest absolute Gasteiger partial charge is 0.478 e. The van der Waals surface area contributed by atoms with Crippen LogP contribution in [0.5, 0.6) is 0 Å². The SMILES string of the molecule is O=C(O)c1ccccc1C(=O)Nc1ccc(Br)cc1F. The maximum absolute atomic E-state index is 13.6. The zero-order valence-corrected chi connectivity index (χ0v) is 11.6. The van der Waals surface area contributed by atoms with E-state index in [4.69, 9.17) is 5.11 Å². The van der Waals surface area contributed by atoms with Crippen molar-refractivity contribution in [2.45, 2.75) is 0 Å². The maximum atomic E-state index is 13.6. The summed E-state index contributed by atoms with van der Waals surface area (Å²) in [6.07, 6.45) is 0. The van der Waals surface area contributed by atoms with Gasteiger partial charge in [-0.2, -0.15) is 0 Å². The van der Waals surface area contributed by atoms with E-state index in [0.29, 0.717) is 4.47 Å². The number of anilines is 1. The van der Waals surface area contributed by atoms with Gasteiger partial charge in [0, 0.05) is 4.47 Å². The summed E-state index contributed by atoms with van der Waals surface area (Å²) in [4.78, 5) is 23.1. The van der Waals surface area contributed by atoms with E-state index >= 15 is 0 Å². The molecule has 0 heterocycles. The average Bonchev–Trinajstić information content (AvgIpc) is 2.41. The summed E-state index contributed by atoms with van der Waals surface area (Å²) < 4.78 is 14.2. The van der Waals surface area contributed by atoms with E-state index in [1.165, 1.54) is 30.3 Å². The van der Waals surface area contributed by atoms with E-state index in [1.54, 1.807) is 12.1 Å². The Bertz CT molecular complexity index is 688. The number of hydrogen-bond donors (Lipinski definition) is 2. The van der Waals surface area contributed by atoms with Crippen molar-refractivity contribution in [1.82, 2.24) is 0 Å². The lowest BCUT2D eigenvalue weighted by molar-refractivity contribution is 0.0692. The van der Waals surface area contributed by atoms with E-state index in [-0.39, 0.29) is 16.8 Å². The minimum absolute atomic E-state index is 0.0154. The number of carboxylic acid groups (broad SMARTS) is 1. The summed E-state index contributed by atoms with van der Waals surface area (Å²) in [6.45, 7) is 0. The average molecular weight is 338 g/mol. The molecule has 0 aromatic heterocycles. The van der Waals surface area contributed by atoms with Gasteiger partial charge in [0.05, 0.1) is 16.8 Å². The first-order valence-electron chi connectivity index (χ1n) is 5.58. The second kappa shape index (κ2) is 5.83. The van der Waals surface area contributed by atoms with E-state index in [1.807, 2.05) is 0 Å². The van der Waals surface area contributed by atoms with Crippen molar-refractivity contribution in [1.29, 1.82) is 0 Å². The normalized spacial score (nSPS) is 10.1. The minimum atomic E-state index is -1.22. The molecular weight excluding hydrogens is 329 g/mol. The molecule has 102 valence electrons. The number of aromatic carboxylic acids is 1. The third kappa shape index (κ3) is 3.03. The van der Waals surface area contributed by atoms with Gasteiger partial charge in [-0.3, -0.25) is 4.79 Å². The van der Waals surface area contributed by atoms with E-state index < -0.39 is 17.7 Å². The molecule has 0 unspecified atom stereocenters. The number of carbonyl (C=O) groups is 2. The second-order valence-electron chi connectivity index (χ2n) is 3.93. The first-order chi connectivity index (χ1) is 9.49. The highest BCUT2D eigenvalue weighted by atomic mass is 79.9. The van der Waals surface area contributed by atoms with Crippen LogP contribution in [0, 0.1) is 5.82 Å². The van der Waals surface area contributed by atoms with Crippen LogP contribution >= 0.6 is 15.9 Å². The molecule has 0 aliphatic carbocycles. The van der Waals surface area contributed by atoms with Crippen LogP contribution in [0.4, 0.5) is 10.1 Å². The van der Waals surface area contributed by atoms with Gasteiger partial charge in [0.1, 0.15) is 5.82 Å². The number of nitrogens with one attached hydrogen (secondary N) is 1. The van der Waals surface area contributed by atoms with Crippen molar-refractivity contribution in [3.63, 3.8) is 0 Å². The fraction of sp³-hybridized carbons (Fsp3) is 0. The Morgan fingerprint density at radius 1 is 1.10 bits per heavy atom. The second-order valence-corrected chi connectivity index (χ2v) is 4.84. The molecule has 0 radical (unpaired) electrons. The van der Waals surface area contributed by atoms with Crippen LogP contribution in [0.2, 0.25) is 0 Å². The molecule has 6 heteroatoms. The smallest absolute Gasteiger partial charge is 0.336 e. The molecule has 0 aliphatic rings. The van der Waals surface area contributed by atoms with Gasteiger partial charge in [0.25, 0.3) is 5.91 Å². The van der Waals surface area contributed by atoms with E-state index in [0.717, 1.165) is 0 Å². The molecule has 0 aliphatic heterocycles. The molecule has 2 aromatic rings. The number of hydrogen-bond acceptors (Lipinski definition) is 2. The van der Waals surface area contributed by atoms with E-state index in [2.05, 4.69) is 21.2 Å². The summed E-state index contributed by atoms with van der Waals surface area (Å²) in [7, 11) is 0. The zero-order chi connectivity index (χ0) is 14.7. The van der Waals surface area contributed by atoms with Crippen molar-refractivity contribution < 1.29 is 19.1 Å². The number of carboxylic acids is 1. The van der Waals surface area contributed by atoms with Crippen molar-refractivity contribution in [3.8, 4) is 0 Å². The molecule has 4 nitrogen and oxygen atoms in total. The van der Waals surface area contributed by atoms with Gasteiger partial charge in [-0.05, 0) is 30.3 Å². The number of carbonyl (C=O) groups excluding carboxylic acids is 1. The van der Waals surface area contributed by atoms with Crippen LogP contribution in [0.3, 0.4) is 0 Å². The predicted molar refractivity (Wildman–Crippen MR) is 75.5 cm³/mol. The van der Waals surface area contributed by atoms with Crippen LogP contribution in [-0.2, 0) is 0 Å². The highest BCUT2D eigenvalue weighted by Gasteiger charge is 2.16. The molecule has 20 heavy (non-hydrogen) atoms. The predicted octanol–water partition coefficient (Wildman–Crippen LogP) is 3.54. The topological polar surface area (TPSA) is 66.4 Å². The van der Waals surface area contributed by atoms with Crippen molar-refractivity contribution >= 4 is 33.5 Å². The molecule has 0 atom stereocenters. The van der Waals surface area contributed by atoms with Crippen molar-refractivity contribution in [2.75, 3.05) is 5.32 Å². The number of amides is 1. The molecule has 2 N–H and O–H groups in total. The standard InChI is InChI=1S/C14H9BrFNO3/c15-8-5-6-12(11(16)7-8)17-13(18)9-3-1-2-4-10(9)14(19)20/h1-7H,(H,17,18)(H,19,20). The summed E-state index contributed by atoms with van der Waals surface area (Å²) in [5, 5.41) is 11.4. The summed E-state index contributed by atoms with van der Waals surface area (Å²) in [5.74, 6) is -2.50. The fourth-order valence-electron chi connectivity index (χ4n) is 1.65. The Labute approximate surface area is 122 Å². The number of benzene rings is 2. The Kier molecular flexibility index (Phi) is 4.14. The quantitative estimate of drug-likeness (QED) is 0.900. The summed E-state index contributed by atoms with van der Waals surface area (Å²) in [6, 6.07) is 9.91. The summed E-state index contributed by atoms with van der Waals surface area (Å²) >= 11 is 3.11. The minimum Gasteiger partial charge on any atom is -0.478 e. The summed E-state index contributed by atoms with van der Waals surface area (Å²) in [5.41, 5.74) is -0.178. The fourth-order valence-corrected chi connectivity index (χ4v) is 1.98. The molecule has 0 saturated carbocycles. The highest BCUT2D eigenvalue weighted by Crippen LogP contribution is 2.20. The third-order valence-corrected chi connectivity index (χ3v) is 3.07. The molecular formula is C14H9BrFNO3. The Hall–Kier alpha value is -2.21. The first-order valence-corrected chi connectivity index (χ1v) is 6.37. The van der Waals surface area contributed by atoms with Gasteiger partial charge in [0.2, 0.25) is 0 Å². The molecule has 2 rings (SSSR count). The molecule has 0 bridgehead atoms. The van der Waals surface area contributed by atoms with Crippen LogP contribution in [0.15, 0.2) is 46.9 Å². The lowest BCUT2D eigenvalue weighted by Gasteiger charge is -2.08. The molecule has 2 aromatic carbocycles.